The first kappa shape index (κ1) is 15.4. The Kier molecular flexibility index (Phi) is 4.74. The van der Waals surface area contributed by atoms with Gasteiger partial charge in [-0.3, -0.25) is 4.68 Å². The van der Waals surface area contributed by atoms with E-state index in [1.54, 1.807) is 6.07 Å². The second kappa shape index (κ2) is 6.17. The molecule has 20 heavy (non-hydrogen) atoms. The van der Waals surface area contributed by atoms with Crippen molar-refractivity contribution in [3.63, 3.8) is 0 Å². The van der Waals surface area contributed by atoms with E-state index in [0.29, 0.717) is 16.5 Å². The lowest BCUT2D eigenvalue weighted by Crippen LogP contribution is -2.26. The molecular formula is C15H19Cl2N3. The van der Waals surface area contributed by atoms with E-state index >= 15 is 0 Å². The molecule has 2 rings (SSSR count). The predicted molar refractivity (Wildman–Crippen MR) is 84.5 cm³/mol. The third-order valence-corrected chi connectivity index (χ3v) is 4.50. The minimum Gasteiger partial charge on any atom is -0.327 e. The van der Waals surface area contributed by atoms with Gasteiger partial charge in [0.05, 0.1) is 15.7 Å². The molecule has 0 fully saturated rings. The molecule has 0 aliphatic carbocycles. The lowest BCUT2D eigenvalue weighted by atomic mass is 9.98. The van der Waals surface area contributed by atoms with E-state index < -0.39 is 0 Å². The molecule has 0 bridgehead atoms. The van der Waals surface area contributed by atoms with Crippen LogP contribution in [0.5, 0.6) is 0 Å². The van der Waals surface area contributed by atoms with Crippen LogP contribution < -0.4 is 5.73 Å². The van der Waals surface area contributed by atoms with E-state index in [1.165, 1.54) is 5.56 Å². The fourth-order valence-electron chi connectivity index (χ4n) is 2.44. The molecule has 1 atom stereocenters. The molecule has 1 heterocycles. The second-order valence-corrected chi connectivity index (χ2v) is 5.94. The summed E-state index contributed by atoms with van der Waals surface area (Å²) in [6, 6.07) is 5.65. The van der Waals surface area contributed by atoms with E-state index in [4.69, 9.17) is 28.9 Å². The van der Waals surface area contributed by atoms with E-state index in [2.05, 4.69) is 12.0 Å². The zero-order valence-corrected chi connectivity index (χ0v) is 13.5. The Balaban J connectivity index is 2.13. The summed E-state index contributed by atoms with van der Waals surface area (Å²) in [6.45, 7) is 4.08. The summed E-state index contributed by atoms with van der Waals surface area (Å²) < 4.78 is 1.89. The van der Waals surface area contributed by atoms with Crippen LogP contribution in [-0.4, -0.2) is 15.8 Å². The molecule has 3 nitrogen and oxygen atoms in total. The van der Waals surface area contributed by atoms with Crippen LogP contribution in [0.15, 0.2) is 18.2 Å². The van der Waals surface area contributed by atoms with Gasteiger partial charge in [0.25, 0.3) is 0 Å². The van der Waals surface area contributed by atoms with Crippen molar-refractivity contribution in [3.8, 4) is 0 Å². The fraction of sp³-hybridized carbons (Fsp3) is 0.400. The van der Waals surface area contributed by atoms with Crippen molar-refractivity contribution >= 4 is 23.2 Å². The molecular weight excluding hydrogens is 293 g/mol. The smallest absolute Gasteiger partial charge is 0.0628 e. The number of aromatic nitrogens is 2. The predicted octanol–water partition coefficient (Wildman–Crippen LogP) is 3.46. The zero-order valence-electron chi connectivity index (χ0n) is 12.0. The summed E-state index contributed by atoms with van der Waals surface area (Å²) in [4.78, 5) is 0. The molecule has 0 aliphatic rings. The van der Waals surface area contributed by atoms with Crippen LogP contribution in [0.1, 0.15) is 22.5 Å². The summed E-state index contributed by atoms with van der Waals surface area (Å²) in [6.07, 6.45) is 1.49. The number of nitrogens with two attached hydrogens (primary N) is 1. The van der Waals surface area contributed by atoms with E-state index in [-0.39, 0.29) is 6.04 Å². The lowest BCUT2D eigenvalue weighted by Gasteiger charge is -2.13. The molecule has 5 heteroatoms. The first-order valence-corrected chi connectivity index (χ1v) is 7.33. The largest absolute Gasteiger partial charge is 0.327 e. The van der Waals surface area contributed by atoms with Crippen LogP contribution in [-0.2, 0) is 19.9 Å². The molecule has 1 aromatic heterocycles. The SMILES string of the molecule is Cc1nn(C)c(C)c1CC(N)Cc1cccc(Cl)c1Cl. The average molecular weight is 312 g/mol. The summed E-state index contributed by atoms with van der Waals surface area (Å²) in [7, 11) is 1.95. The maximum absolute atomic E-state index is 6.26. The van der Waals surface area contributed by atoms with Crippen molar-refractivity contribution in [3.05, 3.63) is 50.8 Å². The Morgan fingerprint density at radius 1 is 1.25 bits per heavy atom. The fourth-order valence-corrected chi connectivity index (χ4v) is 2.83. The standard InChI is InChI=1S/C15H19Cl2N3/c1-9-13(10(2)20(3)19-9)8-12(18)7-11-5-4-6-14(16)15(11)17/h4-6,12H,7-8,18H2,1-3H3. The zero-order chi connectivity index (χ0) is 14.9. The van der Waals surface area contributed by atoms with Crippen molar-refractivity contribution in [1.82, 2.24) is 9.78 Å². The summed E-state index contributed by atoms with van der Waals surface area (Å²) >= 11 is 12.2. The first-order chi connectivity index (χ1) is 9.40. The average Bonchev–Trinajstić information content (AvgIpc) is 2.62. The van der Waals surface area contributed by atoms with Crippen LogP contribution in [0.2, 0.25) is 10.0 Å². The van der Waals surface area contributed by atoms with Crippen molar-refractivity contribution in [2.75, 3.05) is 0 Å². The Bertz CT molecular complexity index is 620. The van der Waals surface area contributed by atoms with Crippen molar-refractivity contribution in [2.24, 2.45) is 12.8 Å². The van der Waals surface area contributed by atoms with Crippen LogP contribution >= 0.6 is 23.2 Å². The molecule has 108 valence electrons. The van der Waals surface area contributed by atoms with Crippen LogP contribution in [0.4, 0.5) is 0 Å². The van der Waals surface area contributed by atoms with Gasteiger partial charge in [-0.1, -0.05) is 35.3 Å². The number of halogens is 2. The van der Waals surface area contributed by atoms with Gasteiger partial charge in [-0.2, -0.15) is 5.10 Å². The minimum atomic E-state index is -0.00688. The Morgan fingerprint density at radius 2 is 1.95 bits per heavy atom. The van der Waals surface area contributed by atoms with Crippen LogP contribution in [0.25, 0.3) is 0 Å². The molecule has 0 amide bonds. The van der Waals surface area contributed by atoms with E-state index in [9.17, 15) is 0 Å². The normalized spacial score (nSPS) is 12.7. The molecule has 0 saturated heterocycles. The molecule has 0 radical (unpaired) electrons. The summed E-state index contributed by atoms with van der Waals surface area (Å²) in [5, 5.41) is 5.59. The van der Waals surface area contributed by atoms with Crippen molar-refractivity contribution < 1.29 is 0 Å². The third kappa shape index (κ3) is 3.17. The highest BCUT2D eigenvalue weighted by molar-refractivity contribution is 6.42. The Hall–Kier alpha value is -1.03. The van der Waals surface area contributed by atoms with Gasteiger partial charge in [-0.05, 0) is 43.9 Å². The van der Waals surface area contributed by atoms with Gasteiger partial charge in [0, 0.05) is 18.8 Å². The highest BCUT2D eigenvalue weighted by atomic mass is 35.5. The van der Waals surface area contributed by atoms with Crippen molar-refractivity contribution in [2.45, 2.75) is 32.7 Å². The van der Waals surface area contributed by atoms with Gasteiger partial charge < -0.3 is 5.73 Å². The maximum atomic E-state index is 6.26. The van der Waals surface area contributed by atoms with Crippen molar-refractivity contribution in [1.29, 1.82) is 0 Å². The maximum Gasteiger partial charge on any atom is 0.0628 e. The molecule has 1 unspecified atom stereocenters. The van der Waals surface area contributed by atoms with Gasteiger partial charge in [-0.15, -0.1) is 0 Å². The van der Waals surface area contributed by atoms with Gasteiger partial charge in [0.1, 0.15) is 0 Å². The topological polar surface area (TPSA) is 43.8 Å². The Labute approximate surface area is 129 Å². The molecule has 1 aromatic carbocycles. The summed E-state index contributed by atoms with van der Waals surface area (Å²) in [5.41, 5.74) is 10.7. The molecule has 0 aliphatic heterocycles. The number of aryl methyl sites for hydroxylation is 2. The third-order valence-electron chi connectivity index (χ3n) is 3.64. The van der Waals surface area contributed by atoms with Gasteiger partial charge in [0.15, 0.2) is 0 Å². The van der Waals surface area contributed by atoms with Gasteiger partial charge in [0.2, 0.25) is 0 Å². The molecule has 2 N–H and O–H groups in total. The highest BCUT2D eigenvalue weighted by Gasteiger charge is 2.15. The number of hydrogen-bond donors (Lipinski definition) is 1. The molecule has 0 saturated carbocycles. The second-order valence-electron chi connectivity index (χ2n) is 5.15. The van der Waals surface area contributed by atoms with Gasteiger partial charge >= 0.3 is 0 Å². The van der Waals surface area contributed by atoms with Crippen LogP contribution in [0.3, 0.4) is 0 Å². The number of benzene rings is 1. The Morgan fingerprint density at radius 3 is 2.55 bits per heavy atom. The van der Waals surface area contributed by atoms with Gasteiger partial charge in [-0.25, -0.2) is 0 Å². The quantitative estimate of drug-likeness (QED) is 0.939. The molecule has 0 spiro atoms. The highest BCUT2D eigenvalue weighted by Crippen LogP contribution is 2.26. The molecule has 2 aromatic rings. The van der Waals surface area contributed by atoms with Crippen LogP contribution in [0, 0.1) is 13.8 Å². The number of nitrogens with zero attached hydrogens (tertiary/aromatic N) is 2. The minimum absolute atomic E-state index is 0.00688. The van der Waals surface area contributed by atoms with E-state index in [1.807, 2.05) is 30.8 Å². The van der Waals surface area contributed by atoms with E-state index in [0.717, 1.165) is 23.4 Å². The number of rotatable bonds is 4. The lowest BCUT2D eigenvalue weighted by molar-refractivity contribution is 0.658. The first-order valence-electron chi connectivity index (χ1n) is 6.57. The summed E-state index contributed by atoms with van der Waals surface area (Å²) in [5.74, 6) is 0. The number of hydrogen-bond acceptors (Lipinski definition) is 2. The monoisotopic (exact) mass is 311 g/mol.